The summed E-state index contributed by atoms with van der Waals surface area (Å²) in [6, 6.07) is 6.78. The molecule has 1 atom stereocenters. The smallest absolute Gasteiger partial charge is 0.246 e. The lowest BCUT2D eigenvalue weighted by Crippen LogP contribution is -2.32. The first-order valence-corrected chi connectivity index (χ1v) is 7.07. The largest absolute Gasteiger partial charge is 0.374 e. The number of hydrogen-bond donors (Lipinski definition) is 2. The Kier molecular flexibility index (Phi) is 4.93. The fraction of sp³-hybridized carbons (Fsp3) is 0.235. The van der Waals surface area contributed by atoms with E-state index in [9.17, 15) is 18.0 Å². The molecule has 2 aromatic carbocycles. The molecule has 0 spiro atoms. The third-order valence-electron chi connectivity index (χ3n) is 3.29. The van der Waals surface area contributed by atoms with Gasteiger partial charge in [0.2, 0.25) is 5.91 Å². The number of aryl methyl sites for hydroxylation is 2. The number of amides is 1. The average molecular weight is 322 g/mol. The van der Waals surface area contributed by atoms with Crippen LogP contribution in [0, 0.1) is 31.3 Å². The van der Waals surface area contributed by atoms with Crippen LogP contribution in [0.15, 0.2) is 30.3 Å². The quantitative estimate of drug-likeness (QED) is 0.830. The molecule has 2 rings (SSSR count). The second-order valence-electron chi connectivity index (χ2n) is 5.45. The van der Waals surface area contributed by atoms with Gasteiger partial charge in [0.05, 0.1) is 5.69 Å². The predicted molar refractivity (Wildman–Crippen MR) is 83.9 cm³/mol. The van der Waals surface area contributed by atoms with Crippen molar-refractivity contribution in [2.45, 2.75) is 26.8 Å². The SMILES string of the molecule is Cc1cc(C)cc(N[C@@H](C)C(=O)Nc2ccc(F)c(F)c2F)c1. The molecule has 23 heavy (non-hydrogen) atoms. The molecule has 0 unspecified atom stereocenters. The van der Waals surface area contributed by atoms with Crippen molar-refractivity contribution in [2.24, 2.45) is 0 Å². The van der Waals surface area contributed by atoms with Crippen LogP contribution in [-0.4, -0.2) is 11.9 Å². The number of rotatable bonds is 4. The minimum Gasteiger partial charge on any atom is -0.374 e. The lowest BCUT2D eigenvalue weighted by molar-refractivity contribution is -0.116. The number of benzene rings is 2. The molecule has 0 aromatic heterocycles. The lowest BCUT2D eigenvalue weighted by atomic mass is 10.1. The van der Waals surface area contributed by atoms with Crippen LogP contribution in [0.25, 0.3) is 0 Å². The van der Waals surface area contributed by atoms with Crippen LogP contribution in [0.3, 0.4) is 0 Å². The standard InChI is InChI=1S/C17H17F3N2O/c1-9-6-10(2)8-12(7-9)21-11(3)17(23)22-14-5-4-13(18)15(19)16(14)20/h4-8,11,21H,1-3H3,(H,22,23)/t11-/m0/s1. The van der Waals surface area contributed by atoms with Gasteiger partial charge in [-0.25, -0.2) is 13.2 Å². The number of halogens is 3. The highest BCUT2D eigenvalue weighted by atomic mass is 19.2. The summed E-state index contributed by atoms with van der Waals surface area (Å²) < 4.78 is 39.6. The third-order valence-corrected chi connectivity index (χ3v) is 3.29. The summed E-state index contributed by atoms with van der Waals surface area (Å²) in [4.78, 5) is 12.1. The first-order valence-electron chi connectivity index (χ1n) is 7.07. The van der Waals surface area contributed by atoms with Crippen LogP contribution in [0.1, 0.15) is 18.1 Å². The van der Waals surface area contributed by atoms with E-state index in [1.54, 1.807) is 6.92 Å². The number of anilines is 2. The Labute approximate surface area is 132 Å². The van der Waals surface area contributed by atoms with Gasteiger partial charge in [-0.3, -0.25) is 4.79 Å². The highest BCUT2D eigenvalue weighted by molar-refractivity contribution is 5.96. The molecular weight excluding hydrogens is 305 g/mol. The Balaban J connectivity index is 2.10. The lowest BCUT2D eigenvalue weighted by Gasteiger charge is -2.16. The van der Waals surface area contributed by atoms with Gasteiger partial charge in [0.1, 0.15) is 6.04 Å². The molecule has 0 bridgehead atoms. The van der Waals surface area contributed by atoms with E-state index in [-0.39, 0.29) is 0 Å². The van der Waals surface area contributed by atoms with E-state index in [1.807, 2.05) is 32.0 Å². The van der Waals surface area contributed by atoms with Gasteiger partial charge in [-0.15, -0.1) is 0 Å². The van der Waals surface area contributed by atoms with Crippen LogP contribution in [0.4, 0.5) is 24.5 Å². The Morgan fingerprint density at radius 3 is 2.22 bits per heavy atom. The first kappa shape index (κ1) is 16.9. The van der Waals surface area contributed by atoms with Gasteiger partial charge in [0.15, 0.2) is 17.5 Å². The van der Waals surface area contributed by atoms with E-state index in [2.05, 4.69) is 10.6 Å². The molecule has 0 saturated carbocycles. The number of nitrogens with one attached hydrogen (secondary N) is 2. The van der Waals surface area contributed by atoms with Crippen LogP contribution >= 0.6 is 0 Å². The van der Waals surface area contributed by atoms with Crippen LogP contribution in [0.2, 0.25) is 0 Å². The third kappa shape index (κ3) is 4.03. The maximum atomic E-state index is 13.6. The summed E-state index contributed by atoms with van der Waals surface area (Å²) in [5.74, 6) is -4.90. The molecule has 0 fully saturated rings. The summed E-state index contributed by atoms with van der Waals surface area (Å²) in [5, 5.41) is 5.23. The van der Waals surface area contributed by atoms with E-state index in [4.69, 9.17) is 0 Å². The van der Waals surface area contributed by atoms with Gasteiger partial charge in [-0.1, -0.05) is 6.07 Å². The monoisotopic (exact) mass is 322 g/mol. The Morgan fingerprint density at radius 2 is 1.61 bits per heavy atom. The molecule has 2 N–H and O–H groups in total. The van der Waals surface area contributed by atoms with Gasteiger partial charge in [-0.2, -0.15) is 0 Å². The van der Waals surface area contributed by atoms with Gasteiger partial charge in [0, 0.05) is 5.69 Å². The summed E-state index contributed by atoms with van der Waals surface area (Å²) in [6.07, 6.45) is 0. The van der Waals surface area contributed by atoms with E-state index in [1.165, 1.54) is 0 Å². The van der Waals surface area contributed by atoms with Crippen LogP contribution in [-0.2, 0) is 4.79 Å². The van der Waals surface area contributed by atoms with Crippen molar-refractivity contribution >= 4 is 17.3 Å². The minimum atomic E-state index is -1.61. The Hall–Kier alpha value is -2.50. The molecule has 1 amide bonds. The summed E-state index contributed by atoms with van der Waals surface area (Å²) >= 11 is 0. The topological polar surface area (TPSA) is 41.1 Å². The maximum absolute atomic E-state index is 13.6. The van der Waals surface area contributed by atoms with E-state index in [0.29, 0.717) is 0 Å². The van der Waals surface area contributed by atoms with Gasteiger partial charge in [-0.05, 0) is 56.2 Å². The Bertz CT molecular complexity index is 727. The van der Waals surface area contributed by atoms with Crippen molar-refractivity contribution in [3.8, 4) is 0 Å². The summed E-state index contributed by atoms with van der Waals surface area (Å²) in [5.41, 5.74) is 2.41. The van der Waals surface area contributed by atoms with Crippen molar-refractivity contribution in [1.29, 1.82) is 0 Å². The normalized spacial score (nSPS) is 11.9. The van der Waals surface area contributed by atoms with E-state index >= 15 is 0 Å². The molecule has 0 aliphatic carbocycles. The molecule has 3 nitrogen and oxygen atoms in total. The molecule has 0 aliphatic heterocycles. The van der Waals surface area contributed by atoms with Gasteiger partial charge in [0.25, 0.3) is 0 Å². The maximum Gasteiger partial charge on any atom is 0.246 e. The fourth-order valence-corrected chi connectivity index (χ4v) is 2.24. The Morgan fingerprint density at radius 1 is 1.00 bits per heavy atom. The van der Waals surface area contributed by atoms with Crippen LogP contribution in [0.5, 0.6) is 0 Å². The van der Waals surface area contributed by atoms with Crippen molar-refractivity contribution in [3.63, 3.8) is 0 Å². The molecule has 0 radical (unpaired) electrons. The van der Waals surface area contributed by atoms with Crippen LogP contribution < -0.4 is 10.6 Å². The average Bonchev–Trinajstić information content (AvgIpc) is 2.46. The summed E-state index contributed by atoms with van der Waals surface area (Å²) in [6.45, 7) is 5.45. The molecule has 0 aliphatic rings. The molecule has 2 aromatic rings. The van der Waals surface area contributed by atoms with Crippen molar-refractivity contribution in [1.82, 2.24) is 0 Å². The van der Waals surface area contributed by atoms with E-state index in [0.717, 1.165) is 28.9 Å². The summed E-state index contributed by atoms with van der Waals surface area (Å²) in [7, 11) is 0. The van der Waals surface area contributed by atoms with Crippen molar-refractivity contribution in [2.75, 3.05) is 10.6 Å². The molecule has 122 valence electrons. The van der Waals surface area contributed by atoms with E-state index < -0.39 is 35.1 Å². The minimum absolute atomic E-state index is 0.400. The second-order valence-corrected chi connectivity index (χ2v) is 5.45. The zero-order valence-corrected chi connectivity index (χ0v) is 13.0. The number of carbonyl (C=O) groups excluding carboxylic acids is 1. The fourth-order valence-electron chi connectivity index (χ4n) is 2.24. The highest BCUT2D eigenvalue weighted by Crippen LogP contribution is 2.20. The van der Waals surface area contributed by atoms with Gasteiger partial charge >= 0.3 is 0 Å². The predicted octanol–water partition coefficient (Wildman–Crippen LogP) is 4.16. The first-order chi connectivity index (χ1) is 10.8. The molecule has 0 saturated heterocycles. The molecule has 6 heteroatoms. The number of hydrogen-bond acceptors (Lipinski definition) is 2. The van der Waals surface area contributed by atoms with Gasteiger partial charge < -0.3 is 10.6 Å². The number of carbonyl (C=O) groups is 1. The van der Waals surface area contributed by atoms with Crippen molar-refractivity contribution < 1.29 is 18.0 Å². The zero-order valence-electron chi connectivity index (χ0n) is 13.0. The van der Waals surface area contributed by atoms with Crippen molar-refractivity contribution in [3.05, 3.63) is 58.9 Å². The zero-order chi connectivity index (χ0) is 17.1. The second kappa shape index (κ2) is 6.73. The highest BCUT2D eigenvalue weighted by Gasteiger charge is 2.18. The molecular formula is C17H17F3N2O. The molecule has 0 heterocycles.